The predicted octanol–water partition coefficient (Wildman–Crippen LogP) is 3.81. The average molecular weight is 314 g/mol. The first-order valence-corrected chi connectivity index (χ1v) is 7.54. The normalized spacial score (nSPS) is 11.8. The van der Waals surface area contributed by atoms with Crippen molar-refractivity contribution in [1.29, 1.82) is 0 Å². The Bertz CT molecular complexity index is 572. The molecule has 0 amide bonds. The minimum atomic E-state index is -0.304. The van der Waals surface area contributed by atoms with Crippen LogP contribution in [0.3, 0.4) is 0 Å². The zero-order valence-corrected chi connectivity index (χ0v) is 13.3. The molecule has 0 fully saturated rings. The van der Waals surface area contributed by atoms with Crippen molar-refractivity contribution in [2.75, 3.05) is 0 Å². The molecule has 20 heavy (non-hydrogen) atoms. The number of benzene rings is 1. The summed E-state index contributed by atoms with van der Waals surface area (Å²) in [6.07, 6.45) is 0.374. The van der Waals surface area contributed by atoms with Crippen molar-refractivity contribution >= 4 is 22.9 Å². The van der Waals surface area contributed by atoms with Gasteiger partial charge in [-0.1, -0.05) is 29.0 Å². The highest BCUT2D eigenvalue weighted by molar-refractivity contribution is 7.11. The zero-order chi connectivity index (χ0) is 14.8. The monoisotopic (exact) mass is 313 g/mol. The standard InChI is InChI=1S/C14H17ClFN3S/c1-14(2,3)17-8-13-19-18-12(20-13)7-9-10(15)5-4-6-11(9)16/h4-6,17H,7-8H2,1-3H3. The van der Waals surface area contributed by atoms with Crippen molar-refractivity contribution in [2.45, 2.75) is 39.3 Å². The number of nitrogens with zero attached hydrogens (tertiary/aromatic N) is 2. The first kappa shape index (κ1) is 15.4. The first-order valence-electron chi connectivity index (χ1n) is 6.34. The topological polar surface area (TPSA) is 37.8 Å². The fourth-order valence-corrected chi connectivity index (χ4v) is 2.65. The van der Waals surface area contributed by atoms with E-state index in [2.05, 4.69) is 36.3 Å². The van der Waals surface area contributed by atoms with Crippen molar-refractivity contribution in [3.8, 4) is 0 Å². The van der Waals surface area contributed by atoms with Gasteiger partial charge in [-0.2, -0.15) is 0 Å². The summed E-state index contributed by atoms with van der Waals surface area (Å²) in [6, 6.07) is 4.69. The van der Waals surface area contributed by atoms with Gasteiger partial charge in [-0.15, -0.1) is 10.2 Å². The first-order chi connectivity index (χ1) is 9.35. The van der Waals surface area contributed by atoms with Gasteiger partial charge in [0.1, 0.15) is 15.8 Å². The van der Waals surface area contributed by atoms with E-state index in [9.17, 15) is 4.39 Å². The van der Waals surface area contributed by atoms with Gasteiger partial charge in [0.15, 0.2) is 0 Å². The predicted molar refractivity (Wildman–Crippen MR) is 80.7 cm³/mol. The maximum Gasteiger partial charge on any atom is 0.131 e. The number of nitrogens with one attached hydrogen (secondary N) is 1. The van der Waals surface area contributed by atoms with Gasteiger partial charge < -0.3 is 5.32 Å². The molecule has 0 atom stereocenters. The Morgan fingerprint density at radius 3 is 2.60 bits per heavy atom. The molecule has 0 aliphatic heterocycles. The molecule has 1 N–H and O–H groups in total. The molecule has 0 unspecified atom stereocenters. The Morgan fingerprint density at radius 2 is 1.95 bits per heavy atom. The lowest BCUT2D eigenvalue weighted by Gasteiger charge is -2.19. The Hall–Kier alpha value is -1.04. The maximum absolute atomic E-state index is 13.7. The summed E-state index contributed by atoms with van der Waals surface area (Å²) in [7, 11) is 0. The Kier molecular flexibility index (Phi) is 4.73. The van der Waals surface area contributed by atoms with Gasteiger partial charge in [-0.05, 0) is 32.9 Å². The van der Waals surface area contributed by atoms with E-state index >= 15 is 0 Å². The molecule has 108 valence electrons. The van der Waals surface area contributed by atoms with E-state index in [4.69, 9.17) is 11.6 Å². The van der Waals surface area contributed by atoms with Crippen LogP contribution >= 0.6 is 22.9 Å². The van der Waals surface area contributed by atoms with Crippen LogP contribution in [-0.2, 0) is 13.0 Å². The highest BCUT2D eigenvalue weighted by Crippen LogP contribution is 2.23. The van der Waals surface area contributed by atoms with Crippen molar-refractivity contribution in [3.63, 3.8) is 0 Å². The Labute approximate surface area is 127 Å². The highest BCUT2D eigenvalue weighted by atomic mass is 35.5. The van der Waals surface area contributed by atoms with Crippen LogP contribution in [0.1, 0.15) is 36.3 Å². The van der Waals surface area contributed by atoms with Gasteiger partial charge in [0, 0.05) is 22.5 Å². The third-order valence-corrected chi connectivity index (χ3v) is 3.95. The van der Waals surface area contributed by atoms with E-state index in [0.717, 1.165) is 10.0 Å². The number of hydrogen-bond donors (Lipinski definition) is 1. The molecule has 6 heteroatoms. The highest BCUT2D eigenvalue weighted by Gasteiger charge is 2.13. The molecule has 1 heterocycles. The minimum Gasteiger partial charge on any atom is -0.306 e. The van der Waals surface area contributed by atoms with Crippen LogP contribution in [0.15, 0.2) is 18.2 Å². The van der Waals surface area contributed by atoms with Gasteiger partial charge in [0.25, 0.3) is 0 Å². The summed E-state index contributed by atoms with van der Waals surface area (Å²) in [6.45, 7) is 6.93. The molecule has 0 bridgehead atoms. The summed E-state index contributed by atoms with van der Waals surface area (Å²) >= 11 is 7.49. The molecule has 3 nitrogen and oxygen atoms in total. The summed E-state index contributed by atoms with van der Waals surface area (Å²) in [5.41, 5.74) is 0.501. The Morgan fingerprint density at radius 1 is 1.25 bits per heavy atom. The van der Waals surface area contributed by atoms with Crippen molar-refractivity contribution in [2.24, 2.45) is 0 Å². The van der Waals surface area contributed by atoms with Gasteiger partial charge in [-0.25, -0.2) is 4.39 Å². The van der Waals surface area contributed by atoms with E-state index in [1.807, 2.05) is 0 Å². The Balaban J connectivity index is 2.06. The smallest absolute Gasteiger partial charge is 0.131 e. The molecule has 0 saturated heterocycles. The van der Waals surface area contributed by atoms with Crippen LogP contribution < -0.4 is 5.32 Å². The third-order valence-electron chi connectivity index (χ3n) is 2.67. The van der Waals surface area contributed by atoms with Gasteiger partial charge >= 0.3 is 0 Å². The molecule has 2 rings (SSSR count). The lowest BCUT2D eigenvalue weighted by Crippen LogP contribution is -2.35. The maximum atomic E-state index is 13.7. The number of hydrogen-bond acceptors (Lipinski definition) is 4. The SMILES string of the molecule is CC(C)(C)NCc1nnc(Cc2c(F)cccc2Cl)s1. The van der Waals surface area contributed by atoms with Gasteiger partial charge in [0.05, 0.1) is 6.54 Å². The van der Waals surface area contributed by atoms with Crippen LogP contribution in [0, 0.1) is 5.82 Å². The van der Waals surface area contributed by atoms with Crippen LogP contribution in [0.5, 0.6) is 0 Å². The van der Waals surface area contributed by atoms with Crippen molar-refractivity contribution in [1.82, 2.24) is 15.5 Å². The lowest BCUT2D eigenvalue weighted by molar-refractivity contribution is 0.423. The van der Waals surface area contributed by atoms with Crippen molar-refractivity contribution < 1.29 is 4.39 Å². The van der Waals surface area contributed by atoms with Crippen LogP contribution in [0.2, 0.25) is 5.02 Å². The third kappa shape index (κ3) is 4.23. The number of aromatic nitrogens is 2. The van der Waals surface area contributed by atoms with E-state index < -0.39 is 0 Å². The molecule has 0 saturated carbocycles. The second-order valence-electron chi connectivity index (χ2n) is 5.57. The van der Waals surface area contributed by atoms with Crippen LogP contribution in [0.4, 0.5) is 4.39 Å². The lowest BCUT2D eigenvalue weighted by atomic mass is 10.1. The largest absolute Gasteiger partial charge is 0.306 e. The van der Waals surface area contributed by atoms with Crippen LogP contribution in [0.25, 0.3) is 0 Å². The molecule has 1 aromatic heterocycles. The van der Waals surface area contributed by atoms with E-state index in [1.165, 1.54) is 17.4 Å². The molecule has 0 aliphatic carbocycles. The second kappa shape index (κ2) is 6.16. The minimum absolute atomic E-state index is 0.0285. The van der Waals surface area contributed by atoms with Gasteiger partial charge in [0.2, 0.25) is 0 Å². The van der Waals surface area contributed by atoms with E-state index in [0.29, 0.717) is 23.6 Å². The summed E-state index contributed by atoms with van der Waals surface area (Å²) in [5.74, 6) is -0.304. The van der Waals surface area contributed by atoms with Gasteiger partial charge in [-0.3, -0.25) is 0 Å². The molecule has 0 aliphatic rings. The van der Waals surface area contributed by atoms with Crippen molar-refractivity contribution in [3.05, 3.63) is 44.6 Å². The molecular weight excluding hydrogens is 297 g/mol. The number of halogens is 2. The fraction of sp³-hybridized carbons (Fsp3) is 0.429. The molecule has 1 aromatic carbocycles. The zero-order valence-electron chi connectivity index (χ0n) is 11.7. The molecule has 2 aromatic rings. The summed E-state index contributed by atoms with van der Waals surface area (Å²) < 4.78 is 13.7. The average Bonchev–Trinajstić information content (AvgIpc) is 2.79. The van der Waals surface area contributed by atoms with E-state index in [1.54, 1.807) is 12.1 Å². The summed E-state index contributed by atoms with van der Waals surface area (Å²) in [5, 5.41) is 13.6. The molecule has 0 radical (unpaired) electrons. The second-order valence-corrected chi connectivity index (χ2v) is 7.12. The van der Waals surface area contributed by atoms with E-state index in [-0.39, 0.29) is 11.4 Å². The summed E-state index contributed by atoms with van der Waals surface area (Å²) in [4.78, 5) is 0. The molecular formula is C14H17ClFN3S. The fourth-order valence-electron chi connectivity index (χ4n) is 1.62. The molecule has 0 spiro atoms. The van der Waals surface area contributed by atoms with Crippen LogP contribution in [-0.4, -0.2) is 15.7 Å². The quantitative estimate of drug-likeness (QED) is 0.932. The number of rotatable bonds is 4.